The molecule has 0 aromatic heterocycles. The molecule has 28 heavy (non-hydrogen) atoms. The lowest BCUT2D eigenvalue weighted by Crippen LogP contribution is -2.17. The van der Waals surface area contributed by atoms with Crippen molar-refractivity contribution in [1.29, 1.82) is 0 Å². The Hall–Kier alpha value is -2.52. The molecule has 2 fully saturated rings. The number of hydrogen-bond acceptors (Lipinski definition) is 3. The first-order valence-electron chi connectivity index (χ1n) is 10.1. The average molecular weight is 374 g/mol. The summed E-state index contributed by atoms with van der Waals surface area (Å²) in [6, 6.07) is 14.4. The maximum atomic E-state index is 13.1. The minimum Gasteiger partial charge on any atom is -0.381 e. The van der Waals surface area contributed by atoms with Crippen LogP contribution in [0.15, 0.2) is 54.1 Å². The van der Waals surface area contributed by atoms with Gasteiger partial charge >= 0.3 is 0 Å². The van der Waals surface area contributed by atoms with Gasteiger partial charge in [-0.2, -0.15) is 0 Å². The van der Waals surface area contributed by atoms with Crippen LogP contribution in [0, 0.1) is 19.8 Å². The van der Waals surface area contributed by atoms with E-state index in [1.807, 2.05) is 38.1 Å². The molecule has 2 aliphatic rings. The number of ether oxygens (including phenoxy) is 1. The zero-order chi connectivity index (χ0) is 19.7. The number of allylic oxidation sites excluding steroid dienone is 2. The molecule has 3 nitrogen and oxygen atoms in total. The van der Waals surface area contributed by atoms with Crippen molar-refractivity contribution in [2.75, 3.05) is 13.2 Å². The average Bonchev–Trinajstić information content (AvgIpc) is 2.96. The highest BCUT2D eigenvalue weighted by atomic mass is 16.5. The van der Waals surface area contributed by atoms with Crippen LogP contribution in [0.1, 0.15) is 41.9 Å². The highest BCUT2D eigenvalue weighted by Crippen LogP contribution is 2.38. The molecule has 3 heteroatoms. The lowest BCUT2D eigenvalue weighted by Gasteiger charge is -2.19. The Morgan fingerprint density at radius 2 is 1.57 bits per heavy atom. The van der Waals surface area contributed by atoms with E-state index in [9.17, 15) is 9.59 Å². The summed E-state index contributed by atoms with van der Waals surface area (Å²) in [4.78, 5) is 25.9. The third kappa shape index (κ3) is 3.59. The fourth-order valence-electron chi connectivity index (χ4n) is 4.54. The summed E-state index contributed by atoms with van der Waals surface area (Å²) in [5.41, 5.74) is 5.88. The Morgan fingerprint density at radius 1 is 0.929 bits per heavy atom. The molecule has 0 N–H and O–H groups in total. The fraction of sp³-hybridized carbons (Fsp3) is 0.360. The number of rotatable bonds is 3. The Balaban J connectivity index is 1.66. The van der Waals surface area contributed by atoms with Gasteiger partial charge in [-0.1, -0.05) is 48.5 Å². The van der Waals surface area contributed by atoms with E-state index in [0.717, 1.165) is 53.9 Å². The SMILES string of the molecule is Cc1cc(-c2ccccc2)cc(C)c1C1C(=O)C/C(=C\C2CCOCC2)C1=O. The lowest BCUT2D eigenvalue weighted by molar-refractivity contribution is -0.123. The fourth-order valence-corrected chi connectivity index (χ4v) is 4.54. The van der Waals surface area contributed by atoms with Gasteiger partial charge in [0.25, 0.3) is 0 Å². The van der Waals surface area contributed by atoms with Crippen molar-refractivity contribution >= 4 is 11.6 Å². The maximum absolute atomic E-state index is 13.1. The first-order chi connectivity index (χ1) is 13.5. The highest BCUT2D eigenvalue weighted by molar-refractivity contribution is 6.23. The summed E-state index contributed by atoms with van der Waals surface area (Å²) < 4.78 is 5.40. The number of ketones is 2. The molecule has 0 radical (unpaired) electrons. The highest BCUT2D eigenvalue weighted by Gasteiger charge is 2.40. The van der Waals surface area contributed by atoms with Crippen molar-refractivity contribution < 1.29 is 14.3 Å². The third-order valence-corrected chi connectivity index (χ3v) is 5.96. The molecular formula is C25H26O3. The standard InChI is InChI=1S/C25H26O3/c1-16-12-20(19-6-4-3-5-7-19)13-17(2)23(16)24-22(26)15-21(25(24)27)14-18-8-10-28-11-9-18/h3-7,12-14,18,24H,8-11,15H2,1-2H3/b21-14+. The van der Waals surface area contributed by atoms with Crippen molar-refractivity contribution in [2.24, 2.45) is 5.92 Å². The van der Waals surface area contributed by atoms with Gasteiger partial charge < -0.3 is 4.74 Å². The third-order valence-electron chi connectivity index (χ3n) is 5.96. The van der Waals surface area contributed by atoms with E-state index in [4.69, 9.17) is 4.74 Å². The van der Waals surface area contributed by atoms with E-state index in [1.54, 1.807) is 0 Å². The van der Waals surface area contributed by atoms with Gasteiger partial charge in [-0.3, -0.25) is 9.59 Å². The molecule has 0 amide bonds. The van der Waals surface area contributed by atoms with Crippen molar-refractivity contribution in [1.82, 2.24) is 0 Å². The van der Waals surface area contributed by atoms with Crippen LogP contribution in [0.4, 0.5) is 0 Å². The Morgan fingerprint density at radius 3 is 2.21 bits per heavy atom. The molecule has 4 rings (SSSR count). The second-order valence-electron chi connectivity index (χ2n) is 7.97. The number of aryl methyl sites for hydroxylation is 2. The van der Waals surface area contributed by atoms with Gasteiger partial charge in [-0.15, -0.1) is 0 Å². The van der Waals surface area contributed by atoms with Crippen LogP contribution >= 0.6 is 0 Å². The van der Waals surface area contributed by atoms with Crippen LogP contribution in [0.3, 0.4) is 0 Å². The van der Waals surface area contributed by atoms with Gasteiger partial charge in [0.2, 0.25) is 0 Å². The molecule has 1 heterocycles. The molecule has 0 spiro atoms. The second kappa shape index (κ2) is 7.84. The minimum atomic E-state index is -0.643. The topological polar surface area (TPSA) is 43.4 Å². The maximum Gasteiger partial charge on any atom is 0.173 e. The summed E-state index contributed by atoms with van der Waals surface area (Å²) in [5, 5.41) is 0. The van der Waals surface area contributed by atoms with E-state index in [2.05, 4.69) is 24.3 Å². The quantitative estimate of drug-likeness (QED) is 0.564. The van der Waals surface area contributed by atoms with E-state index in [0.29, 0.717) is 11.5 Å². The molecule has 144 valence electrons. The summed E-state index contributed by atoms with van der Waals surface area (Å²) in [6.45, 7) is 5.49. The van der Waals surface area contributed by atoms with Crippen molar-refractivity contribution in [2.45, 2.75) is 39.0 Å². The monoisotopic (exact) mass is 374 g/mol. The van der Waals surface area contributed by atoms with E-state index in [1.165, 1.54) is 0 Å². The number of Topliss-reactive ketones (excluding diaryl/α,β-unsaturated/α-hetero) is 2. The first kappa shape index (κ1) is 18.8. The normalized spacial score (nSPS) is 22.2. The zero-order valence-electron chi connectivity index (χ0n) is 16.5. The zero-order valence-corrected chi connectivity index (χ0v) is 16.5. The number of hydrogen-bond donors (Lipinski definition) is 0. The van der Waals surface area contributed by atoms with Crippen LogP contribution in [0.5, 0.6) is 0 Å². The molecule has 0 bridgehead atoms. The molecule has 1 unspecified atom stereocenters. The predicted molar refractivity (Wildman–Crippen MR) is 110 cm³/mol. The largest absolute Gasteiger partial charge is 0.381 e. The van der Waals surface area contributed by atoms with Crippen molar-refractivity contribution in [3.63, 3.8) is 0 Å². The summed E-state index contributed by atoms with van der Waals surface area (Å²) in [5.74, 6) is -0.269. The number of carbonyl (C=O) groups excluding carboxylic acids is 2. The predicted octanol–water partition coefficient (Wildman–Crippen LogP) is 4.95. The van der Waals surface area contributed by atoms with E-state index in [-0.39, 0.29) is 18.0 Å². The molecule has 1 atom stereocenters. The number of carbonyl (C=O) groups is 2. The summed E-state index contributed by atoms with van der Waals surface area (Å²) >= 11 is 0. The van der Waals surface area contributed by atoms with Crippen LogP contribution < -0.4 is 0 Å². The molecule has 2 aromatic carbocycles. The van der Waals surface area contributed by atoms with Gasteiger partial charge in [-0.25, -0.2) is 0 Å². The van der Waals surface area contributed by atoms with Crippen LogP contribution in [-0.2, 0) is 14.3 Å². The van der Waals surface area contributed by atoms with Crippen LogP contribution in [0.2, 0.25) is 0 Å². The lowest BCUT2D eigenvalue weighted by atomic mass is 9.85. The minimum absolute atomic E-state index is 0.00449. The molecule has 1 saturated carbocycles. The molecule has 1 aliphatic heterocycles. The number of benzene rings is 2. The van der Waals surface area contributed by atoms with Crippen molar-refractivity contribution in [3.05, 3.63) is 70.8 Å². The Bertz CT molecular complexity index is 911. The Labute approximate surface area is 166 Å². The molecule has 1 saturated heterocycles. The van der Waals surface area contributed by atoms with Crippen molar-refractivity contribution in [3.8, 4) is 11.1 Å². The van der Waals surface area contributed by atoms with Crippen LogP contribution in [0.25, 0.3) is 11.1 Å². The van der Waals surface area contributed by atoms with Gasteiger partial charge in [0.15, 0.2) is 11.6 Å². The van der Waals surface area contributed by atoms with Gasteiger partial charge in [-0.05, 0) is 66.0 Å². The molecule has 2 aromatic rings. The van der Waals surface area contributed by atoms with Gasteiger partial charge in [0, 0.05) is 19.6 Å². The first-order valence-corrected chi connectivity index (χ1v) is 10.1. The molecular weight excluding hydrogens is 348 g/mol. The van der Waals surface area contributed by atoms with Gasteiger partial charge in [0.05, 0.1) is 0 Å². The molecule has 1 aliphatic carbocycles. The Kier molecular flexibility index (Phi) is 5.27. The van der Waals surface area contributed by atoms with E-state index < -0.39 is 5.92 Å². The smallest absolute Gasteiger partial charge is 0.173 e. The second-order valence-corrected chi connectivity index (χ2v) is 7.97. The van der Waals surface area contributed by atoms with Gasteiger partial charge in [0.1, 0.15) is 5.92 Å². The van der Waals surface area contributed by atoms with E-state index >= 15 is 0 Å². The summed E-state index contributed by atoms with van der Waals surface area (Å²) in [7, 11) is 0. The summed E-state index contributed by atoms with van der Waals surface area (Å²) in [6.07, 6.45) is 4.17. The van der Waals surface area contributed by atoms with Crippen LogP contribution in [-0.4, -0.2) is 24.8 Å².